The highest BCUT2D eigenvalue weighted by Gasteiger charge is 2.27. The molecule has 18 heavy (non-hydrogen) atoms. The molecule has 0 aromatic carbocycles. The van der Waals surface area contributed by atoms with Gasteiger partial charge in [-0.05, 0) is 25.7 Å². The molecule has 104 valence electrons. The number of methoxy groups -OCH3 is 1. The lowest BCUT2D eigenvalue weighted by atomic mass is 10.1. The minimum atomic E-state index is -0.106. The van der Waals surface area contributed by atoms with Crippen molar-refractivity contribution in [3.05, 3.63) is 0 Å². The quantitative estimate of drug-likeness (QED) is 0.680. The van der Waals surface area contributed by atoms with E-state index in [2.05, 4.69) is 4.90 Å². The normalized spacial score (nSPS) is 24.9. The first kappa shape index (κ1) is 13.8. The molecular formula is C14H25NO3. The monoisotopic (exact) mass is 255 g/mol. The van der Waals surface area contributed by atoms with Crippen LogP contribution in [0.25, 0.3) is 0 Å². The minimum absolute atomic E-state index is 0.106. The fourth-order valence-electron chi connectivity index (χ4n) is 3.08. The molecule has 0 bridgehead atoms. The molecule has 0 spiro atoms. The predicted molar refractivity (Wildman–Crippen MR) is 69.4 cm³/mol. The van der Waals surface area contributed by atoms with Crippen LogP contribution in [0, 0.1) is 0 Å². The predicted octanol–water partition coefficient (Wildman–Crippen LogP) is 1.97. The molecule has 1 aliphatic heterocycles. The molecule has 0 aromatic heterocycles. The van der Waals surface area contributed by atoms with Crippen molar-refractivity contribution in [2.45, 2.75) is 57.1 Å². The van der Waals surface area contributed by atoms with Gasteiger partial charge in [0.15, 0.2) is 0 Å². The van der Waals surface area contributed by atoms with E-state index in [0.29, 0.717) is 18.6 Å². The zero-order chi connectivity index (χ0) is 12.8. The molecule has 1 atom stereocenters. The maximum Gasteiger partial charge on any atom is 0.306 e. The molecule has 1 heterocycles. The first-order valence-corrected chi connectivity index (χ1v) is 7.22. The van der Waals surface area contributed by atoms with E-state index in [1.807, 2.05) is 0 Å². The third-order valence-electron chi connectivity index (χ3n) is 4.13. The SMILES string of the molecule is COC(=O)CCN(CC1CCCO1)C1CCCC1. The highest BCUT2D eigenvalue weighted by molar-refractivity contribution is 5.69. The van der Waals surface area contributed by atoms with Crippen molar-refractivity contribution in [1.82, 2.24) is 4.90 Å². The molecule has 0 aromatic rings. The van der Waals surface area contributed by atoms with E-state index in [1.54, 1.807) is 0 Å². The second-order valence-electron chi connectivity index (χ2n) is 5.39. The molecule has 4 nitrogen and oxygen atoms in total. The third kappa shape index (κ3) is 3.95. The Bertz CT molecular complexity index is 258. The van der Waals surface area contributed by atoms with Gasteiger partial charge in [0.2, 0.25) is 0 Å². The standard InChI is InChI=1S/C14H25NO3/c1-17-14(16)8-9-15(12-5-2-3-6-12)11-13-7-4-10-18-13/h12-13H,2-11H2,1H3. The Morgan fingerprint density at radius 3 is 2.67 bits per heavy atom. The van der Waals surface area contributed by atoms with Crippen LogP contribution in [-0.2, 0) is 14.3 Å². The Morgan fingerprint density at radius 2 is 2.06 bits per heavy atom. The Balaban J connectivity index is 1.82. The average molecular weight is 255 g/mol. The maximum atomic E-state index is 11.3. The van der Waals surface area contributed by atoms with Gasteiger partial charge >= 0.3 is 5.97 Å². The Labute approximate surface area is 110 Å². The highest BCUT2D eigenvalue weighted by Crippen LogP contribution is 2.25. The number of hydrogen-bond donors (Lipinski definition) is 0. The molecule has 0 N–H and O–H groups in total. The smallest absolute Gasteiger partial charge is 0.306 e. The summed E-state index contributed by atoms with van der Waals surface area (Å²) in [4.78, 5) is 13.7. The van der Waals surface area contributed by atoms with E-state index in [-0.39, 0.29) is 5.97 Å². The molecule has 2 rings (SSSR count). The van der Waals surface area contributed by atoms with Gasteiger partial charge in [0.05, 0.1) is 19.6 Å². The Morgan fingerprint density at radius 1 is 1.28 bits per heavy atom. The molecule has 0 radical (unpaired) electrons. The van der Waals surface area contributed by atoms with Crippen molar-refractivity contribution in [3.63, 3.8) is 0 Å². The zero-order valence-electron chi connectivity index (χ0n) is 11.4. The van der Waals surface area contributed by atoms with E-state index >= 15 is 0 Å². The van der Waals surface area contributed by atoms with Crippen LogP contribution in [-0.4, -0.2) is 49.8 Å². The number of hydrogen-bond acceptors (Lipinski definition) is 4. The summed E-state index contributed by atoms with van der Waals surface area (Å²) in [6.45, 7) is 2.71. The van der Waals surface area contributed by atoms with Gasteiger partial charge in [-0.1, -0.05) is 12.8 Å². The van der Waals surface area contributed by atoms with Gasteiger partial charge in [-0.2, -0.15) is 0 Å². The second-order valence-corrected chi connectivity index (χ2v) is 5.39. The largest absolute Gasteiger partial charge is 0.469 e. The first-order valence-electron chi connectivity index (χ1n) is 7.22. The van der Waals surface area contributed by atoms with Crippen LogP contribution in [0.2, 0.25) is 0 Å². The highest BCUT2D eigenvalue weighted by atomic mass is 16.5. The summed E-state index contributed by atoms with van der Waals surface area (Å²) in [5, 5.41) is 0. The van der Waals surface area contributed by atoms with Gasteiger partial charge < -0.3 is 9.47 Å². The van der Waals surface area contributed by atoms with Crippen LogP contribution in [0.1, 0.15) is 44.9 Å². The molecule has 4 heteroatoms. The lowest BCUT2D eigenvalue weighted by Crippen LogP contribution is -2.40. The topological polar surface area (TPSA) is 38.8 Å². The number of carbonyl (C=O) groups is 1. The summed E-state index contributed by atoms with van der Waals surface area (Å²) in [5.41, 5.74) is 0. The lowest BCUT2D eigenvalue weighted by molar-refractivity contribution is -0.141. The van der Waals surface area contributed by atoms with Gasteiger partial charge in [-0.15, -0.1) is 0 Å². The second kappa shape index (κ2) is 7.10. The molecule has 1 saturated carbocycles. The van der Waals surface area contributed by atoms with E-state index in [0.717, 1.165) is 19.7 Å². The van der Waals surface area contributed by atoms with E-state index in [4.69, 9.17) is 9.47 Å². The van der Waals surface area contributed by atoms with Gasteiger partial charge in [0, 0.05) is 25.7 Å². The molecule has 1 saturated heterocycles. The Hall–Kier alpha value is -0.610. The minimum Gasteiger partial charge on any atom is -0.469 e. The summed E-state index contributed by atoms with van der Waals surface area (Å²) in [7, 11) is 1.46. The Kier molecular flexibility index (Phi) is 5.45. The number of ether oxygens (including phenoxy) is 2. The van der Waals surface area contributed by atoms with Gasteiger partial charge in [-0.25, -0.2) is 0 Å². The van der Waals surface area contributed by atoms with Gasteiger partial charge in [0.25, 0.3) is 0 Å². The van der Waals surface area contributed by atoms with Crippen molar-refractivity contribution in [2.24, 2.45) is 0 Å². The number of nitrogens with zero attached hydrogens (tertiary/aromatic N) is 1. The van der Waals surface area contributed by atoms with Crippen LogP contribution in [0.5, 0.6) is 0 Å². The number of carbonyl (C=O) groups excluding carboxylic acids is 1. The van der Waals surface area contributed by atoms with Gasteiger partial charge in [0.1, 0.15) is 0 Å². The molecule has 2 fully saturated rings. The van der Waals surface area contributed by atoms with Crippen molar-refractivity contribution >= 4 is 5.97 Å². The molecule has 0 amide bonds. The fourth-order valence-corrected chi connectivity index (χ4v) is 3.08. The fraction of sp³-hybridized carbons (Fsp3) is 0.929. The van der Waals surface area contributed by atoms with E-state index in [9.17, 15) is 4.79 Å². The molecule has 2 aliphatic rings. The van der Waals surface area contributed by atoms with Crippen molar-refractivity contribution < 1.29 is 14.3 Å². The molecule has 1 aliphatic carbocycles. The third-order valence-corrected chi connectivity index (χ3v) is 4.13. The zero-order valence-corrected chi connectivity index (χ0v) is 11.4. The van der Waals surface area contributed by atoms with Crippen LogP contribution in [0.4, 0.5) is 0 Å². The molecule has 1 unspecified atom stereocenters. The summed E-state index contributed by atoms with van der Waals surface area (Å²) < 4.78 is 10.5. The van der Waals surface area contributed by atoms with Crippen molar-refractivity contribution in [3.8, 4) is 0 Å². The van der Waals surface area contributed by atoms with Crippen molar-refractivity contribution in [2.75, 3.05) is 26.8 Å². The number of rotatable bonds is 6. The van der Waals surface area contributed by atoms with Crippen LogP contribution >= 0.6 is 0 Å². The summed E-state index contributed by atoms with van der Waals surface area (Å²) in [5.74, 6) is -0.106. The van der Waals surface area contributed by atoms with Gasteiger partial charge in [-0.3, -0.25) is 9.69 Å². The molecular weight excluding hydrogens is 230 g/mol. The van der Waals surface area contributed by atoms with Crippen LogP contribution < -0.4 is 0 Å². The van der Waals surface area contributed by atoms with Crippen LogP contribution in [0.15, 0.2) is 0 Å². The number of esters is 1. The summed E-state index contributed by atoms with van der Waals surface area (Å²) in [6, 6.07) is 0.652. The van der Waals surface area contributed by atoms with E-state index < -0.39 is 0 Å². The van der Waals surface area contributed by atoms with Crippen molar-refractivity contribution in [1.29, 1.82) is 0 Å². The maximum absolute atomic E-state index is 11.3. The summed E-state index contributed by atoms with van der Waals surface area (Å²) in [6.07, 6.45) is 8.42. The average Bonchev–Trinajstić information content (AvgIpc) is 3.06. The lowest BCUT2D eigenvalue weighted by Gasteiger charge is -2.30. The first-order chi connectivity index (χ1) is 8.79. The van der Waals surface area contributed by atoms with Crippen LogP contribution in [0.3, 0.4) is 0 Å². The summed E-state index contributed by atoms with van der Waals surface area (Å²) >= 11 is 0. The van der Waals surface area contributed by atoms with E-state index in [1.165, 1.54) is 45.6 Å².